The van der Waals surface area contributed by atoms with Crippen molar-refractivity contribution in [2.45, 2.75) is 32.5 Å². The van der Waals surface area contributed by atoms with Crippen LogP contribution in [0.4, 0.5) is 0 Å². The monoisotopic (exact) mass is 430 g/mol. The predicted octanol–water partition coefficient (Wildman–Crippen LogP) is 4.78. The summed E-state index contributed by atoms with van der Waals surface area (Å²) in [5, 5.41) is 10.2. The van der Waals surface area contributed by atoms with Crippen molar-refractivity contribution < 1.29 is 19.1 Å². The first kappa shape index (κ1) is 21.6. The van der Waals surface area contributed by atoms with Gasteiger partial charge in [-0.2, -0.15) is 0 Å². The summed E-state index contributed by atoms with van der Waals surface area (Å²) in [5.74, 6) is -0.383. The average Bonchev–Trinajstić information content (AvgIpc) is 3.26. The van der Waals surface area contributed by atoms with Crippen molar-refractivity contribution in [2.24, 2.45) is 11.5 Å². The third-order valence-electron chi connectivity index (χ3n) is 5.44. The maximum absolute atomic E-state index is 11.3. The highest BCUT2D eigenvalue weighted by Gasteiger charge is 2.14. The van der Waals surface area contributed by atoms with Crippen LogP contribution in [0.25, 0.3) is 22.1 Å². The molecule has 0 aliphatic heterocycles. The standard InChI is InChI=1S/C26H26N2O4/c1-16(28)19-5-6-21(13-25(29)30)24(12-19)32-15-18-10-22-7-8-31-26(22)23(11-18)20-4-2-3-17(9-20)14-27/h2-12,16H,13-15,27-28H2,1H3,(H,29,30). The van der Waals surface area contributed by atoms with E-state index in [1.54, 1.807) is 12.3 Å². The van der Waals surface area contributed by atoms with Crippen LogP contribution in [0, 0.1) is 0 Å². The van der Waals surface area contributed by atoms with Gasteiger partial charge >= 0.3 is 5.97 Å². The molecule has 3 aromatic carbocycles. The SMILES string of the molecule is CC(N)c1ccc(CC(=O)O)c(OCc2cc(-c3cccc(CN)c3)c3occc3c2)c1. The molecule has 1 heterocycles. The molecule has 0 fully saturated rings. The molecule has 164 valence electrons. The van der Waals surface area contributed by atoms with Gasteiger partial charge in [0, 0.05) is 29.1 Å². The number of carbonyl (C=O) groups is 1. The molecule has 4 rings (SSSR count). The Morgan fingerprint density at radius 2 is 1.94 bits per heavy atom. The van der Waals surface area contributed by atoms with Gasteiger partial charge in [0.1, 0.15) is 17.9 Å². The number of hydrogen-bond acceptors (Lipinski definition) is 5. The fourth-order valence-electron chi connectivity index (χ4n) is 3.77. The van der Waals surface area contributed by atoms with E-state index >= 15 is 0 Å². The second kappa shape index (κ2) is 9.26. The number of fused-ring (bicyclic) bond motifs is 1. The molecule has 1 unspecified atom stereocenters. The molecule has 0 saturated carbocycles. The van der Waals surface area contributed by atoms with E-state index < -0.39 is 5.97 Å². The fourth-order valence-corrected chi connectivity index (χ4v) is 3.77. The molecule has 0 amide bonds. The van der Waals surface area contributed by atoms with Gasteiger partial charge in [0.25, 0.3) is 0 Å². The first-order chi connectivity index (χ1) is 15.4. The Bertz CT molecular complexity index is 1260. The number of ether oxygens (including phenoxy) is 1. The molecular weight excluding hydrogens is 404 g/mol. The summed E-state index contributed by atoms with van der Waals surface area (Å²) in [6.45, 7) is 2.62. The number of rotatable bonds is 8. The van der Waals surface area contributed by atoms with Crippen LogP contribution < -0.4 is 16.2 Å². The summed E-state index contributed by atoms with van der Waals surface area (Å²) < 4.78 is 11.9. The number of benzene rings is 3. The number of nitrogens with two attached hydrogens (primary N) is 2. The highest BCUT2D eigenvalue weighted by molar-refractivity contribution is 5.93. The molecule has 0 aliphatic carbocycles. The van der Waals surface area contributed by atoms with Gasteiger partial charge in [0.2, 0.25) is 0 Å². The van der Waals surface area contributed by atoms with Gasteiger partial charge in [-0.15, -0.1) is 0 Å². The van der Waals surface area contributed by atoms with Crippen LogP contribution in [0.15, 0.2) is 71.3 Å². The number of hydrogen-bond donors (Lipinski definition) is 3. The van der Waals surface area contributed by atoms with Crippen LogP contribution in [-0.4, -0.2) is 11.1 Å². The number of carboxylic acid groups (broad SMARTS) is 1. The van der Waals surface area contributed by atoms with Gasteiger partial charge in [-0.25, -0.2) is 0 Å². The van der Waals surface area contributed by atoms with Crippen LogP contribution in [-0.2, 0) is 24.4 Å². The van der Waals surface area contributed by atoms with E-state index in [-0.39, 0.29) is 19.1 Å². The van der Waals surface area contributed by atoms with Crippen molar-refractivity contribution in [1.82, 2.24) is 0 Å². The van der Waals surface area contributed by atoms with E-state index in [9.17, 15) is 9.90 Å². The molecule has 4 aromatic rings. The quantitative estimate of drug-likeness (QED) is 0.371. The van der Waals surface area contributed by atoms with Crippen molar-refractivity contribution >= 4 is 16.9 Å². The van der Waals surface area contributed by atoms with E-state index in [1.165, 1.54) is 0 Å². The minimum Gasteiger partial charge on any atom is -0.489 e. The Morgan fingerprint density at radius 1 is 1.09 bits per heavy atom. The maximum Gasteiger partial charge on any atom is 0.307 e. The van der Waals surface area contributed by atoms with Crippen LogP contribution in [0.3, 0.4) is 0 Å². The smallest absolute Gasteiger partial charge is 0.307 e. The van der Waals surface area contributed by atoms with Crippen molar-refractivity contribution in [3.63, 3.8) is 0 Å². The van der Waals surface area contributed by atoms with Gasteiger partial charge in [-0.05, 0) is 59.5 Å². The largest absolute Gasteiger partial charge is 0.489 e. The van der Waals surface area contributed by atoms with E-state index in [0.29, 0.717) is 17.9 Å². The third kappa shape index (κ3) is 4.66. The molecule has 32 heavy (non-hydrogen) atoms. The Hall–Kier alpha value is -3.61. The van der Waals surface area contributed by atoms with Crippen molar-refractivity contribution in [3.05, 3.63) is 89.2 Å². The molecule has 6 heteroatoms. The van der Waals surface area contributed by atoms with Gasteiger partial charge in [-0.1, -0.05) is 30.3 Å². The lowest BCUT2D eigenvalue weighted by molar-refractivity contribution is -0.136. The van der Waals surface area contributed by atoms with Crippen molar-refractivity contribution in [1.29, 1.82) is 0 Å². The van der Waals surface area contributed by atoms with Gasteiger partial charge in [-0.3, -0.25) is 4.79 Å². The summed E-state index contributed by atoms with van der Waals surface area (Å²) in [7, 11) is 0. The zero-order chi connectivity index (χ0) is 22.7. The third-order valence-corrected chi connectivity index (χ3v) is 5.44. The summed E-state index contributed by atoms with van der Waals surface area (Å²) >= 11 is 0. The van der Waals surface area contributed by atoms with Gasteiger partial charge in [0.15, 0.2) is 0 Å². The lowest BCUT2D eigenvalue weighted by Gasteiger charge is -2.15. The summed E-state index contributed by atoms with van der Waals surface area (Å²) in [4.78, 5) is 11.3. The zero-order valence-electron chi connectivity index (χ0n) is 17.9. The van der Waals surface area contributed by atoms with E-state index in [4.69, 9.17) is 20.6 Å². The van der Waals surface area contributed by atoms with Crippen molar-refractivity contribution in [3.8, 4) is 16.9 Å². The first-order valence-corrected chi connectivity index (χ1v) is 10.5. The number of aliphatic carboxylic acids is 1. The lowest BCUT2D eigenvalue weighted by atomic mass is 9.99. The highest BCUT2D eigenvalue weighted by Crippen LogP contribution is 2.32. The summed E-state index contributed by atoms with van der Waals surface area (Å²) in [6, 6.07) is 19.3. The number of furan rings is 1. The van der Waals surface area contributed by atoms with Crippen LogP contribution in [0.2, 0.25) is 0 Å². The second-order valence-electron chi connectivity index (χ2n) is 7.90. The molecular formula is C26H26N2O4. The second-order valence-corrected chi connectivity index (χ2v) is 7.90. The van der Waals surface area contributed by atoms with E-state index in [1.807, 2.05) is 55.5 Å². The average molecular weight is 431 g/mol. The molecule has 0 saturated heterocycles. The molecule has 0 radical (unpaired) electrons. The summed E-state index contributed by atoms with van der Waals surface area (Å²) in [5.41, 5.74) is 18.1. The Kier molecular flexibility index (Phi) is 6.25. The predicted molar refractivity (Wildman–Crippen MR) is 124 cm³/mol. The molecule has 1 atom stereocenters. The van der Waals surface area contributed by atoms with Crippen LogP contribution in [0.1, 0.15) is 35.2 Å². The van der Waals surface area contributed by atoms with E-state index in [0.717, 1.165) is 38.8 Å². The molecule has 0 aliphatic rings. The Labute approximate surface area is 186 Å². The molecule has 5 N–H and O–H groups in total. The van der Waals surface area contributed by atoms with Crippen LogP contribution in [0.5, 0.6) is 5.75 Å². The topological polar surface area (TPSA) is 112 Å². The van der Waals surface area contributed by atoms with Crippen molar-refractivity contribution in [2.75, 3.05) is 0 Å². The zero-order valence-corrected chi connectivity index (χ0v) is 17.9. The summed E-state index contributed by atoms with van der Waals surface area (Å²) in [6.07, 6.45) is 1.55. The highest BCUT2D eigenvalue weighted by atomic mass is 16.5. The molecule has 0 spiro atoms. The molecule has 0 bridgehead atoms. The minimum atomic E-state index is -0.912. The molecule has 6 nitrogen and oxygen atoms in total. The van der Waals surface area contributed by atoms with Crippen LogP contribution >= 0.6 is 0 Å². The number of carboxylic acids is 1. The lowest BCUT2D eigenvalue weighted by Crippen LogP contribution is -2.08. The van der Waals surface area contributed by atoms with Gasteiger partial charge < -0.3 is 25.7 Å². The molecule has 1 aromatic heterocycles. The maximum atomic E-state index is 11.3. The normalized spacial score (nSPS) is 12.1. The Balaban J connectivity index is 1.68. The van der Waals surface area contributed by atoms with Gasteiger partial charge in [0.05, 0.1) is 12.7 Å². The Morgan fingerprint density at radius 3 is 2.69 bits per heavy atom. The fraction of sp³-hybridized carbons (Fsp3) is 0.192. The first-order valence-electron chi connectivity index (χ1n) is 10.5. The van der Waals surface area contributed by atoms with E-state index in [2.05, 4.69) is 6.07 Å². The minimum absolute atomic E-state index is 0.119.